The largest absolute Gasteiger partial charge is 0.481 e. The number of carbonyl (C=O) groups is 1. The van der Waals surface area contributed by atoms with E-state index in [9.17, 15) is 9.90 Å². The van der Waals surface area contributed by atoms with Crippen LogP contribution in [-0.4, -0.2) is 52.7 Å². The van der Waals surface area contributed by atoms with Gasteiger partial charge in [-0.15, -0.1) is 0 Å². The van der Waals surface area contributed by atoms with Gasteiger partial charge in [0, 0.05) is 12.3 Å². The summed E-state index contributed by atoms with van der Waals surface area (Å²) >= 11 is 0. The number of aliphatic hydroxyl groups is 1. The second-order valence-electron chi connectivity index (χ2n) is 7.72. The Balaban J connectivity index is 1.76. The molecule has 6 heteroatoms. The van der Waals surface area contributed by atoms with Crippen molar-refractivity contribution in [1.82, 2.24) is 15.2 Å². The van der Waals surface area contributed by atoms with Gasteiger partial charge in [-0.3, -0.25) is 9.69 Å². The van der Waals surface area contributed by atoms with E-state index in [1.165, 1.54) is 0 Å². The fourth-order valence-corrected chi connectivity index (χ4v) is 3.81. The van der Waals surface area contributed by atoms with E-state index < -0.39 is 5.54 Å². The third-order valence-corrected chi connectivity index (χ3v) is 5.69. The Labute approximate surface area is 149 Å². The summed E-state index contributed by atoms with van der Waals surface area (Å²) in [4.78, 5) is 19.6. The molecule has 25 heavy (non-hydrogen) atoms. The quantitative estimate of drug-likeness (QED) is 0.822. The maximum absolute atomic E-state index is 13.0. The summed E-state index contributed by atoms with van der Waals surface area (Å²) < 4.78 is 5.12. The molecule has 1 atom stereocenters. The molecule has 0 unspecified atom stereocenters. The highest BCUT2D eigenvalue weighted by molar-refractivity contribution is 5.85. The normalized spacial score (nSPS) is 25.3. The number of hydrogen-bond acceptors (Lipinski definition) is 5. The van der Waals surface area contributed by atoms with Crippen LogP contribution >= 0.6 is 0 Å². The minimum atomic E-state index is -0.531. The molecule has 1 aromatic rings. The number of carbonyl (C=O) groups excluding carboxylic acids is 1. The molecule has 138 valence electrons. The van der Waals surface area contributed by atoms with E-state index in [1.54, 1.807) is 13.3 Å². The second kappa shape index (κ2) is 7.30. The van der Waals surface area contributed by atoms with Crippen LogP contribution in [0.1, 0.15) is 51.1 Å². The number of pyridine rings is 1. The molecule has 2 fully saturated rings. The first-order valence-electron chi connectivity index (χ1n) is 9.16. The van der Waals surface area contributed by atoms with Gasteiger partial charge in [-0.25, -0.2) is 4.98 Å². The summed E-state index contributed by atoms with van der Waals surface area (Å²) in [7, 11) is 1.59. The lowest BCUT2D eigenvalue weighted by molar-refractivity contribution is -0.133. The summed E-state index contributed by atoms with van der Waals surface area (Å²) in [6.07, 6.45) is 5.22. The zero-order valence-electron chi connectivity index (χ0n) is 15.4. The molecule has 2 N–H and O–H groups in total. The Bertz CT molecular complexity index is 590. The van der Waals surface area contributed by atoms with Crippen molar-refractivity contribution in [1.29, 1.82) is 0 Å². The van der Waals surface area contributed by atoms with Crippen LogP contribution in [-0.2, 0) is 4.79 Å². The lowest BCUT2D eigenvalue weighted by Gasteiger charge is -2.41. The molecule has 1 aliphatic heterocycles. The van der Waals surface area contributed by atoms with Crippen molar-refractivity contribution < 1.29 is 14.6 Å². The number of likely N-dealkylation sites (tertiary alicyclic amines) is 1. The molecule has 0 radical (unpaired) electrons. The predicted molar refractivity (Wildman–Crippen MR) is 95.3 cm³/mol. The van der Waals surface area contributed by atoms with Crippen LogP contribution in [0.4, 0.5) is 0 Å². The van der Waals surface area contributed by atoms with Gasteiger partial charge in [-0.1, -0.05) is 6.07 Å². The lowest BCUT2D eigenvalue weighted by atomic mass is 9.75. The predicted octanol–water partition coefficient (Wildman–Crippen LogP) is 1.89. The lowest BCUT2D eigenvalue weighted by Crippen LogP contribution is -2.55. The summed E-state index contributed by atoms with van der Waals surface area (Å²) in [6, 6.07) is 3.63. The molecule has 3 rings (SSSR count). The van der Waals surface area contributed by atoms with Crippen molar-refractivity contribution in [2.45, 2.75) is 57.2 Å². The number of nitrogens with zero attached hydrogens (tertiary/aromatic N) is 2. The molecule has 1 aliphatic carbocycles. The molecule has 1 saturated heterocycles. The number of rotatable bonds is 6. The molecular weight excluding hydrogens is 318 g/mol. The van der Waals surface area contributed by atoms with Gasteiger partial charge in [0.2, 0.25) is 11.8 Å². The van der Waals surface area contributed by atoms with Gasteiger partial charge in [0.15, 0.2) is 0 Å². The summed E-state index contributed by atoms with van der Waals surface area (Å²) in [5, 5.41) is 12.9. The molecule has 0 aromatic carbocycles. The van der Waals surface area contributed by atoms with E-state index in [-0.39, 0.29) is 24.0 Å². The average Bonchev–Trinajstić information content (AvgIpc) is 3.12. The third-order valence-electron chi connectivity index (χ3n) is 5.69. The molecule has 1 saturated carbocycles. The summed E-state index contributed by atoms with van der Waals surface area (Å²) in [5.74, 6) is 0.833. The molecule has 0 spiro atoms. The van der Waals surface area contributed by atoms with Crippen molar-refractivity contribution >= 4 is 5.91 Å². The third kappa shape index (κ3) is 3.80. The number of aliphatic hydroxyl groups excluding tert-OH is 1. The molecule has 2 heterocycles. The van der Waals surface area contributed by atoms with E-state index in [1.807, 2.05) is 26.0 Å². The van der Waals surface area contributed by atoms with Crippen LogP contribution in [0.2, 0.25) is 0 Å². The van der Waals surface area contributed by atoms with Gasteiger partial charge in [0.25, 0.3) is 0 Å². The van der Waals surface area contributed by atoms with Crippen LogP contribution in [0.15, 0.2) is 18.3 Å². The fraction of sp³-hybridized carbons (Fsp3) is 0.684. The van der Waals surface area contributed by atoms with Gasteiger partial charge in [0.05, 0.1) is 24.8 Å². The minimum absolute atomic E-state index is 0.0385. The maximum atomic E-state index is 13.0. The summed E-state index contributed by atoms with van der Waals surface area (Å²) in [6.45, 7) is 5.92. The molecule has 1 amide bonds. The molecular formula is C19H29N3O3. The summed E-state index contributed by atoms with van der Waals surface area (Å²) in [5.41, 5.74) is 0.431. The Hall–Kier alpha value is -1.66. The zero-order chi connectivity index (χ0) is 18.0. The second-order valence-corrected chi connectivity index (χ2v) is 7.72. The molecule has 0 bridgehead atoms. The van der Waals surface area contributed by atoms with Crippen LogP contribution < -0.4 is 10.1 Å². The van der Waals surface area contributed by atoms with Gasteiger partial charge in [0.1, 0.15) is 0 Å². The first-order valence-corrected chi connectivity index (χ1v) is 9.16. The first-order chi connectivity index (χ1) is 11.9. The van der Waals surface area contributed by atoms with E-state index in [0.29, 0.717) is 18.7 Å². The van der Waals surface area contributed by atoms with Crippen molar-refractivity contribution in [2.75, 3.05) is 20.2 Å². The molecule has 1 aromatic heterocycles. The SMILES string of the molecule is COc1ccc([C@H](NC(=O)C(C)(C)N2CCCC2)C2CC(O)C2)cn1. The Morgan fingerprint density at radius 1 is 1.36 bits per heavy atom. The minimum Gasteiger partial charge on any atom is -0.481 e. The van der Waals surface area contributed by atoms with Gasteiger partial charge in [-0.05, 0) is 64.1 Å². The number of amides is 1. The highest BCUT2D eigenvalue weighted by atomic mass is 16.5. The molecule has 6 nitrogen and oxygen atoms in total. The highest BCUT2D eigenvalue weighted by Crippen LogP contribution is 2.38. The van der Waals surface area contributed by atoms with Crippen LogP contribution in [0.3, 0.4) is 0 Å². The van der Waals surface area contributed by atoms with E-state index >= 15 is 0 Å². The number of nitrogens with one attached hydrogen (secondary N) is 1. The van der Waals surface area contributed by atoms with Crippen LogP contribution in [0.5, 0.6) is 5.88 Å². The van der Waals surface area contributed by atoms with Crippen molar-refractivity contribution in [3.05, 3.63) is 23.9 Å². The van der Waals surface area contributed by atoms with Gasteiger partial charge < -0.3 is 15.2 Å². The topological polar surface area (TPSA) is 74.7 Å². The van der Waals surface area contributed by atoms with Gasteiger partial charge in [-0.2, -0.15) is 0 Å². The fourth-order valence-electron chi connectivity index (χ4n) is 3.81. The standard InChI is InChI=1S/C19H29N3O3/c1-19(2,22-8-4-5-9-22)18(24)21-17(14-10-15(23)11-14)13-6-7-16(25-3)20-12-13/h6-7,12,14-15,17,23H,4-5,8-11H2,1-3H3,(H,21,24)/t14?,15?,17-/m0/s1. The first kappa shape index (κ1) is 18.1. The Morgan fingerprint density at radius 2 is 2.04 bits per heavy atom. The van der Waals surface area contributed by atoms with Gasteiger partial charge >= 0.3 is 0 Å². The number of aromatic nitrogens is 1. The number of hydrogen-bond donors (Lipinski definition) is 2. The number of ether oxygens (including phenoxy) is 1. The van der Waals surface area contributed by atoms with E-state index in [4.69, 9.17) is 4.74 Å². The van der Waals surface area contributed by atoms with Crippen molar-refractivity contribution in [3.63, 3.8) is 0 Å². The maximum Gasteiger partial charge on any atom is 0.240 e. The zero-order valence-corrected chi connectivity index (χ0v) is 15.4. The van der Waals surface area contributed by atoms with E-state index in [2.05, 4.69) is 15.2 Å². The monoisotopic (exact) mass is 347 g/mol. The average molecular weight is 347 g/mol. The number of methoxy groups -OCH3 is 1. The van der Waals surface area contributed by atoms with Crippen molar-refractivity contribution in [3.8, 4) is 5.88 Å². The van der Waals surface area contributed by atoms with Crippen LogP contribution in [0.25, 0.3) is 0 Å². The smallest absolute Gasteiger partial charge is 0.240 e. The van der Waals surface area contributed by atoms with E-state index in [0.717, 1.165) is 31.5 Å². The van der Waals surface area contributed by atoms with Crippen LogP contribution in [0, 0.1) is 5.92 Å². The Morgan fingerprint density at radius 3 is 2.56 bits per heavy atom. The molecule has 2 aliphatic rings. The highest BCUT2D eigenvalue weighted by Gasteiger charge is 2.41. The Kier molecular flexibility index (Phi) is 5.29. The van der Waals surface area contributed by atoms with Crippen molar-refractivity contribution in [2.24, 2.45) is 5.92 Å².